The lowest BCUT2D eigenvalue weighted by molar-refractivity contribution is 0.0347. The van der Waals surface area contributed by atoms with Crippen LogP contribution >= 0.6 is 0 Å². The summed E-state index contributed by atoms with van der Waals surface area (Å²) in [5.41, 5.74) is 4.90. The first-order valence-electron chi connectivity index (χ1n) is 6.50. The molecule has 0 radical (unpaired) electrons. The molecule has 0 bridgehead atoms. The molecule has 1 fully saturated rings. The number of halogens is 1. The minimum atomic E-state index is -1.23. The van der Waals surface area contributed by atoms with Crippen molar-refractivity contribution in [3.05, 3.63) is 29.6 Å². The van der Waals surface area contributed by atoms with Gasteiger partial charge in [-0.2, -0.15) is 0 Å². The third-order valence-corrected chi connectivity index (χ3v) is 3.98. The molecule has 1 unspecified atom stereocenters. The molecule has 0 saturated carbocycles. The summed E-state index contributed by atoms with van der Waals surface area (Å²) in [4.78, 5) is 12.6. The number of nitrogens with two attached hydrogens (primary N) is 1. The summed E-state index contributed by atoms with van der Waals surface area (Å²) >= 11 is 0. The number of aliphatic hydroxyl groups excluding tert-OH is 1. The van der Waals surface area contributed by atoms with Gasteiger partial charge >= 0.3 is 6.09 Å². The molecule has 5 nitrogen and oxygen atoms in total. The highest BCUT2D eigenvalue weighted by Gasteiger charge is 2.46. The van der Waals surface area contributed by atoms with Crippen molar-refractivity contribution in [1.29, 1.82) is 0 Å². The first-order chi connectivity index (χ1) is 9.25. The van der Waals surface area contributed by atoms with Gasteiger partial charge in [0.15, 0.2) is 5.82 Å². The monoisotopic (exact) mass is 282 g/mol. The predicted octanol–water partition coefficient (Wildman–Crippen LogP) is 2.36. The molecule has 4 N–H and O–H groups in total. The fourth-order valence-corrected chi connectivity index (χ4v) is 2.90. The topological polar surface area (TPSA) is 86.8 Å². The molecule has 110 valence electrons. The van der Waals surface area contributed by atoms with Crippen molar-refractivity contribution in [3.63, 3.8) is 0 Å². The van der Waals surface area contributed by atoms with Crippen LogP contribution in [0, 0.1) is 5.82 Å². The van der Waals surface area contributed by atoms with Crippen molar-refractivity contribution in [2.45, 2.75) is 44.4 Å². The van der Waals surface area contributed by atoms with Gasteiger partial charge in [0.2, 0.25) is 0 Å². The van der Waals surface area contributed by atoms with Crippen molar-refractivity contribution >= 4 is 11.8 Å². The Hall–Kier alpha value is -1.82. The number of anilines is 1. The van der Waals surface area contributed by atoms with Crippen LogP contribution in [0.15, 0.2) is 18.2 Å². The van der Waals surface area contributed by atoms with Crippen LogP contribution in [-0.2, 0) is 0 Å². The zero-order valence-electron chi connectivity index (χ0n) is 11.5. The Labute approximate surface area is 116 Å². The van der Waals surface area contributed by atoms with Gasteiger partial charge in [0, 0.05) is 11.1 Å². The molecule has 1 heterocycles. The van der Waals surface area contributed by atoms with E-state index >= 15 is 0 Å². The van der Waals surface area contributed by atoms with E-state index in [-0.39, 0.29) is 11.3 Å². The predicted molar refractivity (Wildman–Crippen MR) is 72.7 cm³/mol. The number of carboxylic acid groups (broad SMARTS) is 1. The summed E-state index contributed by atoms with van der Waals surface area (Å²) in [5, 5.41) is 19.7. The average Bonchev–Trinajstić information content (AvgIpc) is 2.67. The van der Waals surface area contributed by atoms with Crippen LogP contribution in [0.2, 0.25) is 0 Å². The lowest BCUT2D eigenvalue weighted by atomic mass is 9.99. The van der Waals surface area contributed by atoms with E-state index in [0.29, 0.717) is 12.8 Å². The Kier molecular flexibility index (Phi) is 3.60. The van der Waals surface area contributed by atoms with Gasteiger partial charge in [0.25, 0.3) is 0 Å². The molecule has 1 aromatic carbocycles. The van der Waals surface area contributed by atoms with Crippen LogP contribution in [0.25, 0.3) is 0 Å². The van der Waals surface area contributed by atoms with Crippen LogP contribution < -0.4 is 5.73 Å². The number of aliphatic hydroxyl groups is 1. The molecular weight excluding hydrogens is 263 g/mol. The molecule has 6 heteroatoms. The smallest absolute Gasteiger partial charge is 0.408 e. The van der Waals surface area contributed by atoms with E-state index in [1.54, 1.807) is 19.9 Å². The van der Waals surface area contributed by atoms with E-state index in [1.807, 2.05) is 0 Å². The summed E-state index contributed by atoms with van der Waals surface area (Å²) in [6.07, 6.45) is -1.24. The number of benzene rings is 1. The molecular formula is C14H19FN2O3. The summed E-state index contributed by atoms with van der Waals surface area (Å²) in [6, 6.07) is 3.71. The first-order valence-corrected chi connectivity index (χ1v) is 6.50. The molecule has 1 amide bonds. The van der Waals surface area contributed by atoms with E-state index in [4.69, 9.17) is 5.73 Å². The van der Waals surface area contributed by atoms with E-state index in [9.17, 15) is 19.4 Å². The van der Waals surface area contributed by atoms with Gasteiger partial charge in [-0.05, 0) is 32.8 Å². The van der Waals surface area contributed by atoms with Crippen molar-refractivity contribution in [1.82, 2.24) is 4.90 Å². The molecule has 2 atom stereocenters. The third-order valence-electron chi connectivity index (χ3n) is 3.98. The number of likely N-dealkylation sites (tertiary alicyclic amines) is 1. The second kappa shape index (κ2) is 4.94. The Morgan fingerprint density at radius 1 is 1.55 bits per heavy atom. The van der Waals surface area contributed by atoms with Gasteiger partial charge in [0.1, 0.15) is 6.10 Å². The van der Waals surface area contributed by atoms with Crippen molar-refractivity contribution in [3.8, 4) is 0 Å². The standard InChI is InChI=1S/C14H19FN2O3/c1-14(2)7-6-10(17(14)13(19)20)12(18)8-4-3-5-9(16)11(8)15/h3-5,10,12,18H,6-7,16H2,1-2H3,(H,19,20)/t10?,12-/m1/s1. The molecule has 0 spiro atoms. The van der Waals surface area contributed by atoms with Gasteiger partial charge in [-0.15, -0.1) is 0 Å². The maximum absolute atomic E-state index is 14.0. The normalized spacial score (nSPS) is 22.8. The van der Waals surface area contributed by atoms with E-state index < -0.39 is 29.6 Å². The molecule has 20 heavy (non-hydrogen) atoms. The van der Waals surface area contributed by atoms with Crippen molar-refractivity contribution in [2.75, 3.05) is 5.73 Å². The van der Waals surface area contributed by atoms with Crippen molar-refractivity contribution in [2.24, 2.45) is 0 Å². The van der Waals surface area contributed by atoms with Gasteiger partial charge in [-0.3, -0.25) is 4.90 Å². The van der Waals surface area contributed by atoms with Crippen LogP contribution in [0.5, 0.6) is 0 Å². The SMILES string of the molecule is CC1(C)CCC([C@H](O)c2cccc(N)c2F)N1C(=O)O. The van der Waals surface area contributed by atoms with Gasteiger partial charge < -0.3 is 15.9 Å². The fourth-order valence-electron chi connectivity index (χ4n) is 2.90. The Bertz CT molecular complexity index is 533. The summed E-state index contributed by atoms with van der Waals surface area (Å²) in [6.45, 7) is 3.59. The molecule has 0 aliphatic carbocycles. The Balaban J connectivity index is 2.36. The minimum absolute atomic E-state index is 0.0407. The molecule has 0 aromatic heterocycles. The maximum atomic E-state index is 14.0. The average molecular weight is 282 g/mol. The lowest BCUT2D eigenvalue weighted by Gasteiger charge is -2.35. The number of hydrogen-bond acceptors (Lipinski definition) is 3. The van der Waals surface area contributed by atoms with Crippen LogP contribution in [0.3, 0.4) is 0 Å². The zero-order chi connectivity index (χ0) is 15.1. The summed E-state index contributed by atoms with van der Waals surface area (Å²) in [7, 11) is 0. The summed E-state index contributed by atoms with van der Waals surface area (Å²) in [5.74, 6) is -0.685. The maximum Gasteiger partial charge on any atom is 0.408 e. The fraction of sp³-hybridized carbons (Fsp3) is 0.500. The second-order valence-corrected chi connectivity index (χ2v) is 5.77. The second-order valence-electron chi connectivity index (χ2n) is 5.77. The minimum Gasteiger partial charge on any atom is -0.465 e. The molecule has 2 rings (SSSR count). The highest BCUT2D eigenvalue weighted by atomic mass is 19.1. The first kappa shape index (κ1) is 14.6. The number of amides is 1. The van der Waals surface area contributed by atoms with Crippen LogP contribution in [-0.4, -0.2) is 32.8 Å². The van der Waals surface area contributed by atoms with E-state index in [1.165, 1.54) is 17.0 Å². The van der Waals surface area contributed by atoms with Gasteiger partial charge in [0.05, 0.1) is 11.7 Å². The molecule has 1 aromatic rings. The Morgan fingerprint density at radius 3 is 2.80 bits per heavy atom. The lowest BCUT2D eigenvalue weighted by Crippen LogP contribution is -2.48. The van der Waals surface area contributed by atoms with Crippen molar-refractivity contribution < 1.29 is 19.4 Å². The zero-order valence-corrected chi connectivity index (χ0v) is 11.5. The third kappa shape index (κ3) is 2.31. The number of rotatable bonds is 2. The molecule has 1 saturated heterocycles. The number of nitrogens with zero attached hydrogens (tertiary/aromatic N) is 1. The molecule has 1 aliphatic rings. The summed E-state index contributed by atoms with van der Waals surface area (Å²) < 4.78 is 14.0. The number of carbonyl (C=O) groups is 1. The molecule has 1 aliphatic heterocycles. The largest absolute Gasteiger partial charge is 0.465 e. The Morgan fingerprint density at radius 2 is 2.20 bits per heavy atom. The van der Waals surface area contributed by atoms with Crippen LogP contribution in [0.4, 0.5) is 14.9 Å². The van der Waals surface area contributed by atoms with Gasteiger partial charge in [-0.1, -0.05) is 12.1 Å². The van der Waals surface area contributed by atoms with Gasteiger partial charge in [-0.25, -0.2) is 9.18 Å². The highest BCUT2D eigenvalue weighted by molar-refractivity contribution is 5.67. The number of nitrogen functional groups attached to an aromatic ring is 1. The highest BCUT2D eigenvalue weighted by Crippen LogP contribution is 2.40. The van der Waals surface area contributed by atoms with E-state index in [2.05, 4.69) is 0 Å². The quantitative estimate of drug-likeness (QED) is 0.727. The van der Waals surface area contributed by atoms with Crippen LogP contribution in [0.1, 0.15) is 38.4 Å². The number of hydrogen-bond donors (Lipinski definition) is 3. The van der Waals surface area contributed by atoms with E-state index in [0.717, 1.165) is 0 Å².